The summed E-state index contributed by atoms with van der Waals surface area (Å²) in [6, 6.07) is 10.8. The van der Waals surface area contributed by atoms with Crippen LogP contribution in [0.1, 0.15) is 37.4 Å². The summed E-state index contributed by atoms with van der Waals surface area (Å²) in [6.45, 7) is 8.84. The molecule has 1 aromatic carbocycles. The van der Waals surface area contributed by atoms with E-state index in [1.165, 1.54) is 5.56 Å². The largest absolute Gasteiger partial charge is 0.314 e. The number of piperazine rings is 1. The Bertz CT molecular complexity index is 451. The molecule has 5 heteroatoms. The molecule has 1 aliphatic heterocycles. The summed E-state index contributed by atoms with van der Waals surface area (Å²) in [7, 11) is 0. The summed E-state index contributed by atoms with van der Waals surface area (Å²) in [5, 5.41) is 12.5. The highest BCUT2D eigenvalue weighted by molar-refractivity contribution is 5.85. The van der Waals surface area contributed by atoms with E-state index in [0.29, 0.717) is 12.0 Å². The van der Waals surface area contributed by atoms with Gasteiger partial charge in [0.15, 0.2) is 0 Å². The van der Waals surface area contributed by atoms with Crippen molar-refractivity contribution in [2.75, 3.05) is 26.2 Å². The molecule has 0 unspecified atom stereocenters. The van der Waals surface area contributed by atoms with Crippen LogP contribution in [0.2, 0.25) is 0 Å². The lowest BCUT2D eigenvalue weighted by atomic mass is 9.94. The van der Waals surface area contributed by atoms with Gasteiger partial charge in [-0.15, -0.1) is 24.8 Å². The van der Waals surface area contributed by atoms with E-state index in [0.717, 1.165) is 38.2 Å². The maximum Gasteiger partial charge on any atom is 0.0991 e. The highest BCUT2D eigenvalue weighted by Gasteiger charge is 2.23. The monoisotopic (exact) mass is 329 g/mol. The molecule has 0 aromatic heterocycles. The zero-order valence-electron chi connectivity index (χ0n) is 12.7. The van der Waals surface area contributed by atoms with Crippen molar-refractivity contribution in [2.45, 2.75) is 26.3 Å². The van der Waals surface area contributed by atoms with Crippen molar-refractivity contribution in [3.8, 4) is 6.07 Å². The molecule has 1 fully saturated rings. The van der Waals surface area contributed by atoms with Crippen LogP contribution in [0.25, 0.3) is 0 Å². The normalized spacial score (nSPS) is 16.5. The minimum Gasteiger partial charge on any atom is -0.314 e. The molecule has 1 atom stereocenters. The van der Waals surface area contributed by atoms with Crippen molar-refractivity contribution in [1.82, 2.24) is 10.2 Å². The van der Waals surface area contributed by atoms with E-state index in [1.807, 2.05) is 12.1 Å². The van der Waals surface area contributed by atoms with Crippen LogP contribution in [0, 0.1) is 17.2 Å². The molecular formula is C16H25Cl2N3. The zero-order valence-corrected chi connectivity index (χ0v) is 14.3. The van der Waals surface area contributed by atoms with Crippen LogP contribution in [-0.4, -0.2) is 31.1 Å². The van der Waals surface area contributed by atoms with Crippen LogP contribution in [-0.2, 0) is 0 Å². The van der Waals surface area contributed by atoms with Crippen molar-refractivity contribution >= 4 is 24.8 Å². The predicted octanol–water partition coefficient (Wildman–Crippen LogP) is 3.39. The Morgan fingerprint density at radius 2 is 1.90 bits per heavy atom. The van der Waals surface area contributed by atoms with E-state index >= 15 is 0 Å². The first-order valence-corrected chi connectivity index (χ1v) is 7.15. The Morgan fingerprint density at radius 1 is 1.24 bits per heavy atom. The second-order valence-corrected chi connectivity index (χ2v) is 5.67. The van der Waals surface area contributed by atoms with Crippen LogP contribution in [0.15, 0.2) is 24.3 Å². The van der Waals surface area contributed by atoms with Gasteiger partial charge in [0, 0.05) is 32.2 Å². The van der Waals surface area contributed by atoms with Gasteiger partial charge in [-0.25, -0.2) is 0 Å². The second-order valence-electron chi connectivity index (χ2n) is 5.67. The lowest BCUT2D eigenvalue weighted by Crippen LogP contribution is -2.45. The van der Waals surface area contributed by atoms with Gasteiger partial charge in [0.05, 0.1) is 11.6 Å². The molecule has 3 nitrogen and oxygen atoms in total. The van der Waals surface area contributed by atoms with E-state index in [-0.39, 0.29) is 24.8 Å². The van der Waals surface area contributed by atoms with Crippen molar-refractivity contribution in [3.63, 3.8) is 0 Å². The summed E-state index contributed by atoms with van der Waals surface area (Å²) in [6.07, 6.45) is 1.15. The smallest absolute Gasteiger partial charge is 0.0991 e. The Hall–Kier alpha value is -0.790. The van der Waals surface area contributed by atoms with E-state index in [4.69, 9.17) is 5.26 Å². The Labute approximate surface area is 140 Å². The van der Waals surface area contributed by atoms with Gasteiger partial charge in [-0.2, -0.15) is 5.26 Å². The third-order valence-corrected chi connectivity index (χ3v) is 3.69. The summed E-state index contributed by atoms with van der Waals surface area (Å²) < 4.78 is 0. The standard InChI is InChI=1S/C16H23N3.2ClH/c1-13(2)10-16(19-8-6-18-7-9-19)15-5-3-4-14(11-15)12-17;;/h3-5,11,13,16,18H,6-10H2,1-2H3;2*1H/t16-;;/m1../s1. The number of nitriles is 1. The lowest BCUT2D eigenvalue weighted by molar-refractivity contribution is 0.154. The molecule has 1 aliphatic rings. The number of nitrogens with zero attached hydrogens (tertiary/aromatic N) is 2. The molecule has 0 bridgehead atoms. The first-order chi connectivity index (χ1) is 9.20. The molecule has 1 saturated heterocycles. The van der Waals surface area contributed by atoms with Crippen LogP contribution < -0.4 is 5.32 Å². The summed E-state index contributed by atoms with van der Waals surface area (Å²) in [4.78, 5) is 2.55. The van der Waals surface area contributed by atoms with Crippen LogP contribution in [0.5, 0.6) is 0 Å². The van der Waals surface area contributed by atoms with E-state index in [2.05, 4.69) is 42.3 Å². The second kappa shape index (κ2) is 10.0. The minimum absolute atomic E-state index is 0. The third-order valence-electron chi connectivity index (χ3n) is 3.69. The first kappa shape index (κ1) is 20.2. The van der Waals surface area contributed by atoms with Crippen LogP contribution in [0.4, 0.5) is 0 Å². The highest BCUT2D eigenvalue weighted by Crippen LogP contribution is 2.28. The van der Waals surface area contributed by atoms with Crippen LogP contribution in [0.3, 0.4) is 0 Å². The van der Waals surface area contributed by atoms with Gasteiger partial charge in [0.2, 0.25) is 0 Å². The number of rotatable bonds is 4. The summed E-state index contributed by atoms with van der Waals surface area (Å²) in [5.74, 6) is 0.658. The third kappa shape index (κ3) is 5.84. The maximum absolute atomic E-state index is 9.06. The molecule has 0 radical (unpaired) electrons. The molecule has 1 N–H and O–H groups in total. The van der Waals surface area contributed by atoms with E-state index in [1.54, 1.807) is 0 Å². The Balaban J connectivity index is 0.00000200. The van der Waals surface area contributed by atoms with Gasteiger partial charge in [0.25, 0.3) is 0 Å². The fourth-order valence-corrected chi connectivity index (χ4v) is 2.75. The molecular weight excluding hydrogens is 305 g/mol. The van der Waals surface area contributed by atoms with Gasteiger partial charge in [0.1, 0.15) is 0 Å². The van der Waals surface area contributed by atoms with E-state index in [9.17, 15) is 0 Å². The van der Waals surface area contributed by atoms with Gasteiger partial charge in [-0.05, 0) is 30.0 Å². The quantitative estimate of drug-likeness (QED) is 0.920. The molecule has 2 rings (SSSR count). The van der Waals surface area contributed by atoms with Gasteiger partial charge >= 0.3 is 0 Å². The van der Waals surface area contributed by atoms with Crippen molar-refractivity contribution in [3.05, 3.63) is 35.4 Å². The average molecular weight is 330 g/mol. The van der Waals surface area contributed by atoms with Crippen LogP contribution >= 0.6 is 24.8 Å². The SMILES string of the molecule is CC(C)C[C@H](c1cccc(C#N)c1)N1CCNCC1.Cl.Cl. The van der Waals surface area contributed by atoms with Crippen molar-refractivity contribution < 1.29 is 0 Å². The number of halogens is 2. The van der Waals surface area contributed by atoms with Crippen molar-refractivity contribution in [1.29, 1.82) is 5.26 Å². The number of benzene rings is 1. The minimum atomic E-state index is 0. The van der Waals surface area contributed by atoms with Gasteiger partial charge in [-0.1, -0.05) is 26.0 Å². The molecule has 0 spiro atoms. The topological polar surface area (TPSA) is 39.1 Å². The van der Waals surface area contributed by atoms with E-state index < -0.39 is 0 Å². The number of nitrogens with one attached hydrogen (secondary N) is 1. The fraction of sp³-hybridized carbons (Fsp3) is 0.562. The molecule has 118 valence electrons. The fourth-order valence-electron chi connectivity index (χ4n) is 2.75. The lowest BCUT2D eigenvalue weighted by Gasteiger charge is -2.36. The van der Waals surface area contributed by atoms with Gasteiger partial charge < -0.3 is 5.32 Å². The van der Waals surface area contributed by atoms with Crippen molar-refractivity contribution in [2.24, 2.45) is 5.92 Å². The number of hydrogen-bond acceptors (Lipinski definition) is 3. The molecule has 0 saturated carbocycles. The molecule has 0 aliphatic carbocycles. The zero-order chi connectivity index (χ0) is 13.7. The Morgan fingerprint density at radius 3 is 2.48 bits per heavy atom. The highest BCUT2D eigenvalue weighted by atomic mass is 35.5. The Kier molecular flexibility index (Phi) is 9.65. The number of hydrogen-bond donors (Lipinski definition) is 1. The average Bonchev–Trinajstić information content (AvgIpc) is 2.45. The van der Waals surface area contributed by atoms with Gasteiger partial charge in [-0.3, -0.25) is 4.90 Å². The summed E-state index contributed by atoms with van der Waals surface area (Å²) >= 11 is 0. The summed E-state index contributed by atoms with van der Waals surface area (Å²) in [5.41, 5.74) is 2.05. The molecule has 0 amide bonds. The molecule has 21 heavy (non-hydrogen) atoms. The predicted molar refractivity (Wildman–Crippen MR) is 92.3 cm³/mol. The first-order valence-electron chi connectivity index (χ1n) is 7.15. The molecule has 1 heterocycles. The molecule has 1 aromatic rings. The maximum atomic E-state index is 9.06.